The molecular weight excluding hydrogens is 226 g/mol. The molecule has 0 aliphatic heterocycles. The van der Waals surface area contributed by atoms with Crippen molar-refractivity contribution in [1.29, 1.82) is 0 Å². The van der Waals surface area contributed by atoms with Crippen LogP contribution in [0.4, 0.5) is 0 Å². The Bertz CT molecular complexity index is 574. The normalized spacial score (nSPS) is 10.3. The summed E-state index contributed by atoms with van der Waals surface area (Å²) in [6.07, 6.45) is 0. The molecule has 1 heterocycles. The Kier molecular flexibility index (Phi) is 2.62. The molecule has 0 aliphatic rings. The van der Waals surface area contributed by atoms with Gasteiger partial charge in [0.15, 0.2) is 0 Å². The lowest BCUT2D eigenvalue weighted by molar-refractivity contribution is 0.0601. The van der Waals surface area contributed by atoms with Crippen molar-refractivity contribution in [2.24, 2.45) is 5.73 Å². The molecule has 1 amide bonds. The molecule has 0 saturated carbocycles. The van der Waals surface area contributed by atoms with Gasteiger partial charge in [-0.15, -0.1) is 11.3 Å². The van der Waals surface area contributed by atoms with Gasteiger partial charge >= 0.3 is 5.97 Å². The molecule has 0 unspecified atom stereocenters. The maximum absolute atomic E-state index is 11.3. The first-order valence-corrected chi connectivity index (χ1v) is 5.35. The third kappa shape index (κ3) is 1.77. The molecule has 0 bridgehead atoms. The van der Waals surface area contributed by atoms with Crippen LogP contribution in [0, 0.1) is 0 Å². The van der Waals surface area contributed by atoms with E-state index >= 15 is 0 Å². The lowest BCUT2D eigenvalue weighted by Gasteiger charge is -1.97. The van der Waals surface area contributed by atoms with E-state index in [0.717, 1.165) is 10.1 Å². The van der Waals surface area contributed by atoms with Crippen LogP contribution < -0.4 is 5.73 Å². The number of fused-ring (bicyclic) bond motifs is 1. The molecule has 5 heteroatoms. The minimum absolute atomic E-state index is 0.393. The summed E-state index contributed by atoms with van der Waals surface area (Å²) in [4.78, 5) is 22.8. The number of hydrogen-bond donors (Lipinski definition) is 1. The molecule has 1 aromatic heterocycles. The van der Waals surface area contributed by atoms with E-state index < -0.39 is 11.9 Å². The highest BCUT2D eigenvalue weighted by Crippen LogP contribution is 2.26. The Morgan fingerprint density at radius 3 is 2.69 bits per heavy atom. The van der Waals surface area contributed by atoms with Crippen LogP contribution in [0.3, 0.4) is 0 Å². The van der Waals surface area contributed by atoms with E-state index in [0.29, 0.717) is 10.4 Å². The second-order valence-corrected chi connectivity index (χ2v) is 4.30. The number of thiophene rings is 1. The zero-order chi connectivity index (χ0) is 11.7. The molecule has 0 fully saturated rings. The van der Waals surface area contributed by atoms with Gasteiger partial charge in [0, 0.05) is 4.70 Å². The Morgan fingerprint density at radius 1 is 1.31 bits per heavy atom. The van der Waals surface area contributed by atoms with Gasteiger partial charge < -0.3 is 10.5 Å². The van der Waals surface area contributed by atoms with Gasteiger partial charge in [-0.3, -0.25) is 4.79 Å². The lowest BCUT2D eigenvalue weighted by atomic mass is 10.2. The van der Waals surface area contributed by atoms with Crippen LogP contribution in [0.15, 0.2) is 24.3 Å². The van der Waals surface area contributed by atoms with Crippen molar-refractivity contribution in [3.8, 4) is 0 Å². The first-order valence-electron chi connectivity index (χ1n) is 4.53. The molecule has 2 aromatic rings. The summed E-state index contributed by atoms with van der Waals surface area (Å²) in [5.74, 6) is -0.850. The Balaban J connectivity index is 2.53. The highest BCUT2D eigenvalue weighted by Gasteiger charge is 2.10. The maximum Gasteiger partial charge on any atom is 0.337 e. The van der Waals surface area contributed by atoms with Crippen LogP contribution >= 0.6 is 11.3 Å². The lowest BCUT2D eigenvalue weighted by Crippen LogP contribution is -2.07. The Hall–Kier alpha value is -1.88. The summed E-state index contributed by atoms with van der Waals surface area (Å²) >= 11 is 1.27. The molecule has 16 heavy (non-hydrogen) atoms. The van der Waals surface area contributed by atoms with E-state index in [1.807, 2.05) is 0 Å². The summed E-state index contributed by atoms with van der Waals surface area (Å²) in [6.45, 7) is 0. The number of esters is 1. The zero-order valence-electron chi connectivity index (χ0n) is 8.52. The molecule has 2 N–H and O–H groups in total. The van der Waals surface area contributed by atoms with E-state index in [1.165, 1.54) is 18.4 Å². The molecule has 0 atom stereocenters. The molecule has 0 radical (unpaired) electrons. The van der Waals surface area contributed by atoms with Crippen molar-refractivity contribution in [2.75, 3.05) is 7.11 Å². The van der Waals surface area contributed by atoms with Crippen LogP contribution in [-0.4, -0.2) is 19.0 Å². The molecule has 82 valence electrons. The van der Waals surface area contributed by atoms with Gasteiger partial charge in [-0.05, 0) is 23.6 Å². The number of carbonyl (C=O) groups excluding carboxylic acids is 2. The Morgan fingerprint density at radius 2 is 2.06 bits per heavy atom. The quantitative estimate of drug-likeness (QED) is 0.807. The largest absolute Gasteiger partial charge is 0.465 e. The summed E-state index contributed by atoms with van der Waals surface area (Å²) in [5.41, 5.74) is 5.65. The fourth-order valence-corrected chi connectivity index (χ4v) is 2.35. The van der Waals surface area contributed by atoms with Crippen molar-refractivity contribution in [2.45, 2.75) is 0 Å². The van der Waals surface area contributed by atoms with E-state index in [9.17, 15) is 9.59 Å². The third-order valence-electron chi connectivity index (χ3n) is 2.18. The second kappa shape index (κ2) is 3.94. The number of methoxy groups -OCH3 is 1. The number of primary amides is 1. The third-order valence-corrected chi connectivity index (χ3v) is 3.30. The molecular formula is C11H9NO3S. The number of carbonyl (C=O) groups is 2. The zero-order valence-corrected chi connectivity index (χ0v) is 9.34. The summed E-state index contributed by atoms with van der Waals surface area (Å²) < 4.78 is 5.46. The predicted molar refractivity (Wildman–Crippen MR) is 61.7 cm³/mol. The average molecular weight is 235 g/mol. The molecule has 2 rings (SSSR count). The molecule has 0 saturated heterocycles. The van der Waals surface area contributed by atoms with Crippen molar-refractivity contribution in [3.63, 3.8) is 0 Å². The number of hydrogen-bond acceptors (Lipinski definition) is 4. The number of rotatable bonds is 2. The maximum atomic E-state index is 11.3. The molecule has 0 aliphatic carbocycles. The number of amides is 1. The van der Waals surface area contributed by atoms with Gasteiger partial charge in [0.2, 0.25) is 0 Å². The molecule has 4 nitrogen and oxygen atoms in total. The van der Waals surface area contributed by atoms with Crippen molar-refractivity contribution >= 4 is 33.3 Å². The SMILES string of the molecule is COC(=O)c1ccc2cc(C(N)=O)sc2c1. The standard InChI is InChI=1S/C11H9NO3S/c1-15-11(14)7-3-2-6-4-9(10(12)13)16-8(6)5-7/h2-5H,1H3,(H2,12,13). The van der Waals surface area contributed by atoms with Crippen LogP contribution in [-0.2, 0) is 4.74 Å². The highest BCUT2D eigenvalue weighted by molar-refractivity contribution is 7.20. The Labute approximate surface area is 95.6 Å². The fraction of sp³-hybridized carbons (Fsp3) is 0.0909. The number of nitrogens with two attached hydrogens (primary N) is 1. The summed E-state index contributed by atoms with van der Waals surface area (Å²) in [7, 11) is 1.33. The predicted octanol–water partition coefficient (Wildman–Crippen LogP) is 1.79. The van der Waals surface area contributed by atoms with Crippen molar-refractivity contribution in [1.82, 2.24) is 0 Å². The smallest absolute Gasteiger partial charge is 0.337 e. The fourth-order valence-electron chi connectivity index (χ4n) is 1.40. The van der Waals surface area contributed by atoms with Gasteiger partial charge in [-0.1, -0.05) is 6.07 Å². The van der Waals surface area contributed by atoms with Crippen molar-refractivity contribution in [3.05, 3.63) is 34.7 Å². The van der Waals surface area contributed by atoms with E-state index in [2.05, 4.69) is 4.74 Å². The highest BCUT2D eigenvalue weighted by atomic mass is 32.1. The first kappa shape index (κ1) is 10.6. The topological polar surface area (TPSA) is 69.4 Å². The summed E-state index contributed by atoms with van der Waals surface area (Å²) in [6, 6.07) is 6.83. The van der Waals surface area contributed by atoms with Gasteiger partial charge in [-0.25, -0.2) is 4.79 Å². The van der Waals surface area contributed by atoms with Crippen molar-refractivity contribution < 1.29 is 14.3 Å². The van der Waals surface area contributed by atoms with Gasteiger partial charge in [-0.2, -0.15) is 0 Å². The van der Waals surface area contributed by atoms with Gasteiger partial charge in [0.05, 0.1) is 17.6 Å². The minimum Gasteiger partial charge on any atom is -0.465 e. The van der Waals surface area contributed by atoms with Crippen LogP contribution in [0.5, 0.6) is 0 Å². The van der Waals surface area contributed by atoms with Gasteiger partial charge in [0.25, 0.3) is 5.91 Å². The van der Waals surface area contributed by atoms with E-state index in [1.54, 1.807) is 24.3 Å². The molecule has 0 spiro atoms. The van der Waals surface area contributed by atoms with Crippen LogP contribution in [0.25, 0.3) is 10.1 Å². The van der Waals surface area contributed by atoms with Crippen LogP contribution in [0.1, 0.15) is 20.0 Å². The van der Waals surface area contributed by atoms with E-state index in [4.69, 9.17) is 5.73 Å². The second-order valence-electron chi connectivity index (χ2n) is 3.22. The van der Waals surface area contributed by atoms with Crippen LogP contribution in [0.2, 0.25) is 0 Å². The first-order chi connectivity index (χ1) is 7.61. The summed E-state index contributed by atoms with van der Waals surface area (Å²) in [5, 5.41) is 0.895. The average Bonchev–Trinajstić information content (AvgIpc) is 2.70. The molecule has 1 aromatic carbocycles. The van der Waals surface area contributed by atoms with E-state index in [-0.39, 0.29) is 0 Å². The van der Waals surface area contributed by atoms with Gasteiger partial charge in [0.1, 0.15) is 0 Å². The number of ether oxygens (including phenoxy) is 1. The monoisotopic (exact) mass is 235 g/mol. The minimum atomic E-state index is -0.458. The number of benzene rings is 1.